The number of hydrogen-bond donors (Lipinski definition) is 2. The lowest BCUT2D eigenvalue weighted by Crippen LogP contribution is -2.38. The minimum absolute atomic E-state index is 0. The van der Waals surface area contributed by atoms with E-state index in [0.717, 1.165) is 37.1 Å². The third-order valence-electron chi connectivity index (χ3n) is 3.17. The molecular formula is C14H23IN4. The molecule has 0 saturated heterocycles. The van der Waals surface area contributed by atoms with E-state index in [9.17, 15) is 0 Å². The maximum absolute atomic E-state index is 4.29. The van der Waals surface area contributed by atoms with Crippen LogP contribution in [0.5, 0.6) is 0 Å². The Hall–Kier alpha value is -0.850. The first-order chi connectivity index (χ1) is 8.88. The lowest BCUT2D eigenvalue weighted by molar-refractivity contribution is 0.683. The standard InChI is InChI=1S/C14H22N4.HI/c1-15-14(17-10-7-12-5-6-12)18-11-8-13-4-2-3-9-16-13;/h2-4,9,12H,5-8,10-11H2,1H3,(H2,15,17,18);1H. The summed E-state index contributed by atoms with van der Waals surface area (Å²) < 4.78 is 0. The first-order valence-electron chi connectivity index (χ1n) is 6.73. The maximum atomic E-state index is 4.29. The molecule has 0 atom stereocenters. The van der Waals surface area contributed by atoms with Crippen LogP contribution in [0.1, 0.15) is 25.0 Å². The van der Waals surface area contributed by atoms with E-state index in [0.29, 0.717) is 0 Å². The molecule has 1 fully saturated rings. The van der Waals surface area contributed by atoms with E-state index >= 15 is 0 Å². The summed E-state index contributed by atoms with van der Waals surface area (Å²) >= 11 is 0. The summed E-state index contributed by atoms with van der Waals surface area (Å²) in [4.78, 5) is 8.51. The van der Waals surface area contributed by atoms with Crippen molar-refractivity contribution in [1.29, 1.82) is 0 Å². The minimum Gasteiger partial charge on any atom is -0.356 e. The second kappa shape index (κ2) is 9.12. The fourth-order valence-corrected chi connectivity index (χ4v) is 1.88. The van der Waals surface area contributed by atoms with Gasteiger partial charge in [-0.1, -0.05) is 18.9 Å². The number of nitrogens with zero attached hydrogens (tertiary/aromatic N) is 2. The molecule has 19 heavy (non-hydrogen) atoms. The van der Waals surface area contributed by atoms with E-state index in [1.54, 1.807) is 0 Å². The summed E-state index contributed by atoms with van der Waals surface area (Å²) in [5.41, 5.74) is 1.11. The number of aromatic nitrogens is 1. The van der Waals surface area contributed by atoms with Gasteiger partial charge in [0.15, 0.2) is 5.96 Å². The van der Waals surface area contributed by atoms with Crippen molar-refractivity contribution in [2.45, 2.75) is 25.7 Å². The number of guanidine groups is 1. The average Bonchev–Trinajstić information content (AvgIpc) is 3.22. The molecule has 0 aromatic carbocycles. The minimum atomic E-state index is 0. The van der Waals surface area contributed by atoms with Gasteiger partial charge in [0.2, 0.25) is 0 Å². The van der Waals surface area contributed by atoms with Gasteiger partial charge in [-0.3, -0.25) is 9.98 Å². The normalized spacial score (nSPS) is 14.7. The number of nitrogens with one attached hydrogen (secondary N) is 2. The predicted octanol–water partition coefficient (Wildman–Crippen LogP) is 2.21. The number of rotatable bonds is 6. The quantitative estimate of drug-likeness (QED) is 0.456. The summed E-state index contributed by atoms with van der Waals surface area (Å²) in [6, 6.07) is 6.01. The molecule has 2 N–H and O–H groups in total. The molecule has 2 rings (SSSR count). The highest BCUT2D eigenvalue weighted by molar-refractivity contribution is 14.0. The summed E-state index contributed by atoms with van der Waals surface area (Å²) in [6.07, 6.45) is 6.84. The third kappa shape index (κ3) is 6.75. The van der Waals surface area contributed by atoms with Crippen LogP contribution in [-0.2, 0) is 6.42 Å². The van der Waals surface area contributed by atoms with E-state index in [-0.39, 0.29) is 24.0 Å². The summed E-state index contributed by atoms with van der Waals surface area (Å²) in [5, 5.41) is 6.66. The Morgan fingerprint density at radius 2 is 2.11 bits per heavy atom. The molecule has 1 aliphatic carbocycles. The van der Waals surface area contributed by atoms with E-state index in [1.165, 1.54) is 19.3 Å². The van der Waals surface area contributed by atoms with Crippen molar-refractivity contribution in [2.24, 2.45) is 10.9 Å². The van der Waals surface area contributed by atoms with E-state index in [1.807, 2.05) is 31.4 Å². The maximum Gasteiger partial charge on any atom is 0.190 e. The molecule has 106 valence electrons. The van der Waals surface area contributed by atoms with Gasteiger partial charge in [0.05, 0.1) is 0 Å². The molecule has 0 aliphatic heterocycles. The van der Waals surface area contributed by atoms with Gasteiger partial charge in [0, 0.05) is 38.4 Å². The van der Waals surface area contributed by atoms with E-state index in [2.05, 4.69) is 20.6 Å². The van der Waals surface area contributed by atoms with Crippen LogP contribution in [0.25, 0.3) is 0 Å². The Morgan fingerprint density at radius 1 is 1.32 bits per heavy atom. The molecule has 1 aromatic heterocycles. The van der Waals surface area contributed by atoms with Crippen LogP contribution in [-0.4, -0.2) is 31.1 Å². The van der Waals surface area contributed by atoms with Gasteiger partial charge in [-0.2, -0.15) is 0 Å². The van der Waals surface area contributed by atoms with Gasteiger partial charge in [-0.25, -0.2) is 0 Å². The highest BCUT2D eigenvalue weighted by Crippen LogP contribution is 2.31. The lowest BCUT2D eigenvalue weighted by atomic mass is 10.3. The molecule has 1 aliphatic rings. The first kappa shape index (κ1) is 16.2. The molecular weight excluding hydrogens is 351 g/mol. The van der Waals surface area contributed by atoms with Crippen LogP contribution >= 0.6 is 24.0 Å². The smallest absolute Gasteiger partial charge is 0.190 e. The van der Waals surface area contributed by atoms with Gasteiger partial charge in [0.1, 0.15) is 0 Å². The Morgan fingerprint density at radius 3 is 2.74 bits per heavy atom. The molecule has 0 radical (unpaired) electrons. The van der Waals surface area contributed by atoms with Crippen LogP contribution in [0.4, 0.5) is 0 Å². The van der Waals surface area contributed by atoms with E-state index < -0.39 is 0 Å². The predicted molar refractivity (Wildman–Crippen MR) is 90.1 cm³/mol. The second-order valence-corrected chi connectivity index (χ2v) is 4.73. The van der Waals surface area contributed by atoms with E-state index in [4.69, 9.17) is 0 Å². The Kier molecular flexibility index (Phi) is 7.78. The molecule has 0 unspecified atom stereocenters. The van der Waals surface area contributed by atoms with Crippen LogP contribution in [0, 0.1) is 5.92 Å². The van der Waals surface area contributed by atoms with Gasteiger partial charge >= 0.3 is 0 Å². The Bertz CT molecular complexity index is 376. The third-order valence-corrected chi connectivity index (χ3v) is 3.17. The fourth-order valence-electron chi connectivity index (χ4n) is 1.88. The topological polar surface area (TPSA) is 49.3 Å². The average molecular weight is 374 g/mol. The summed E-state index contributed by atoms with van der Waals surface area (Å²) in [6.45, 7) is 1.88. The van der Waals surface area contributed by atoms with Crippen molar-refractivity contribution in [3.8, 4) is 0 Å². The summed E-state index contributed by atoms with van der Waals surface area (Å²) in [5.74, 6) is 1.86. The number of aliphatic imine (C=N–C) groups is 1. The lowest BCUT2D eigenvalue weighted by Gasteiger charge is -2.11. The van der Waals surface area contributed by atoms with Crippen molar-refractivity contribution in [2.75, 3.05) is 20.1 Å². The second-order valence-electron chi connectivity index (χ2n) is 4.73. The van der Waals surface area contributed by atoms with Crippen molar-refractivity contribution >= 4 is 29.9 Å². The van der Waals surface area contributed by atoms with Crippen molar-refractivity contribution < 1.29 is 0 Å². The van der Waals surface area contributed by atoms with Gasteiger partial charge in [-0.05, 0) is 24.5 Å². The zero-order valence-corrected chi connectivity index (χ0v) is 13.8. The number of hydrogen-bond acceptors (Lipinski definition) is 2. The SMILES string of the molecule is CN=C(NCCc1ccccn1)NCCC1CC1.I. The zero-order chi connectivity index (χ0) is 12.6. The molecule has 5 heteroatoms. The van der Waals surface area contributed by atoms with Gasteiger partial charge in [0.25, 0.3) is 0 Å². The zero-order valence-electron chi connectivity index (χ0n) is 11.4. The highest BCUT2D eigenvalue weighted by atomic mass is 127. The van der Waals surface area contributed by atoms with Crippen molar-refractivity contribution in [3.05, 3.63) is 30.1 Å². The molecule has 1 heterocycles. The molecule has 0 spiro atoms. The molecule has 0 bridgehead atoms. The Labute approximate surface area is 132 Å². The van der Waals surface area contributed by atoms with Crippen molar-refractivity contribution in [1.82, 2.24) is 15.6 Å². The van der Waals surface area contributed by atoms with Crippen molar-refractivity contribution in [3.63, 3.8) is 0 Å². The fraction of sp³-hybridized carbons (Fsp3) is 0.571. The van der Waals surface area contributed by atoms with Crippen LogP contribution < -0.4 is 10.6 Å². The first-order valence-corrected chi connectivity index (χ1v) is 6.73. The van der Waals surface area contributed by atoms with Crippen LogP contribution in [0.2, 0.25) is 0 Å². The number of pyridine rings is 1. The van der Waals surface area contributed by atoms with Crippen LogP contribution in [0.15, 0.2) is 29.4 Å². The molecule has 1 aromatic rings. The van der Waals surface area contributed by atoms with Gasteiger partial charge in [-0.15, -0.1) is 24.0 Å². The van der Waals surface area contributed by atoms with Gasteiger partial charge < -0.3 is 10.6 Å². The monoisotopic (exact) mass is 374 g/mol. The Balaban J connectivity index is 0.00000180. The summed E-state index contributed by atoms with van der Waals surface area (Å²) in [7, 11) is 1.81. The molecule has 1 saturated carbocycles. The van der Waals surface area contributed by atoms with Crippen LogP contribution in [0.3, 0.4) is 0 Å². The highest BCUT2D eigenvalue weighted by Gasteiger charge is 2.20. The molecule has 0 amide bonds. The largest absolute Gasteiger partial charge is 0.356 e. The molecule has 4 nitrogen and oxygen atoms in total. The number of halogens is 1.